The predicted octanol–water partition coefficient (Wildman–Crippen LogP) is 2.24. The lowest BCUT2D eigenvalue weighted by atomic mass is 10.0. The Morgan fingerprint density at radius 3 is 3.00 bits per heavy atom. The molecule has 0 fully saturated rings. The third-order valence-corrected chi connectivity index (χ3v) is 1.94. The number of rotatable bonds is 2. The Bertz CT molecular complexity index is 304. The van der Waals surface area contributed by atoms with E-state index in [9.17, 15) is 0 Å². The van der Waals surface area contributed by atoms with Crippen molar-refractivity contribution in [3.05, 3.63) is 29.6 Å². The van der Waals surface area contributed by atoms with Crippen LogP contribution in [-0.2, 0) is 0 Å². The fraction of sp³-hybridized carbons (Fsp3) is 0.333. The monoisotopic (exact) mass is 180 g/mol. The Morgan fingerprint density at radius 2 is 2.50 bits per heavy atom. The Morgan fingerprint density at radius 1 is 1.75 bits per heavy atom. The summed E-state index contributed by atoms with van der Waals surface area (Å²) in [6.07, 6.45) is 1.70. The highest BCUT2D eigenvalue weighted by Gasteiger charge is 2.08. The SMILES string of the molecule is Cc1cc(C(C#N)CCl)ccn1. The van der Waals surface area contributed by atoms with Gasteiger partial charge in [0.15, 0.2) is 0 Å². The van der Waals surface area contributed by atoms with Crippen molar-refractivity contribution in [1.82, 2.24) is 4.98 Å². The summed E-state index contributed by atoms with van der Waals surface area (Å²) < 4.78 is 0. The molecule has 0 spiro atoms. The smallest absolute Gasteiger partial charge is 0.0849 e. The number of hydrogen-bond donors (Lipinski definition) is 0. The van der Waals surface area contributed by atoms with Crippen LogP contribution in [0.2, 0.25) is 0 Å². The van der Waals surface area contributed by atoms with Crippen LogP contribution in [-0.4, -0.2) is 10.9 Å². The second kappa shape index (κ2) is 4.08. The van der Waals surface area contributed by atoms with Gasteiger partial charge in [0.05, 0.1) is 12.0 Å². The summed E-state index contributed by atoms with van der Waals surface area (Å²) in [6.45, 7) is 1.90. The van der Waals surface area contributed by atoms with Gasteiger partial charge < -0.3 is 0 Å². The molecule has 1 unspecified atom stereocenters. The van der Waals surface area contributed by atoms with Gasteiger partial charge in [-0.1, -0.05) is 0 Å². The highest BCUT2D eigenvalue weighted by molar-refractivity contribution is 6.18. The van der Waals surface area contributed by atoms with Crippen LogP contribution in [0.25, 0.3) is 0 Å². The topological polar surface area (TPSA) is 36.7 Å². The van der Waals surface area contributed by atoms with Gasteiger partial charge in [0.1, 0.15) is 0 Å². The summed E-state index contributed by atoms with van der Waals surface area (Å²) in [4.78, 5) is 4.04. The van der Waals surface area contributed by atoms with Crippen LogP contribution in [0.5, 0.6) is 0 Å². The fourth-order valence-corrected chi connectivity index (χ4v) is 1.23. The predicted molar refractivity (Wildman–Crippen MR) is 48.0 cm³/mol. The molecule has 0 aliphatic heterocycles. The van der Waals surface area contributed by atoms with Crippen molar-refractivity contribution >= 4 is 11.6 Å². The zero-order valence-electron chi connectivity index (χ0n) is 6.79. The minimum atomic E-state index is -0.214. The van der Waals surface area contributed by atoms with Gasteiger partial charge in [-0.05, 0) is 24.6 Å². The molecule has 62 valence electrons. The Labute approximate surface area is 76.8 Å². The number of alkyl halides is 1. The summed E-state index contributed by atoms with van der Waals surface area (Å²) in [7, 11) is 0. The van der Waals surface area contributed by atoms with Crippen LogP contribution in [0.15, 0.2) is 18.3 Å². The van der Waals surface area contributed by atoms with E-state index in [4.69, 9.17) is 16.9 Å². The van der Waals surface area contributed by atoms with Gasteiger partial charge >= 0.3 is 0 Å². The van der Waals surface area contributed by atoms with Crippen LogP contribution >= 0.6 is 11.6 Å². The molecule has 0 aromatic carbocycles. The molecule has 0 saturated heterocycles. The number of nitrogens with zero attached hydrogens (tertiary/aromatic N) is 2. The summed E-state index contributed by atoms with van der Waals surface area (Å²) in [6, 6.07) is 5.84. The lowest BCUT2D eigenvalue weighted by molar-refractivity contribution is 0.974. The standard InChI is InChI=1S/C9H9ClN2/c1-7-4-8(2-3-12-7)9(5-10)6-11/h2-4,9H,5H2,1H3. The first-order valence-electron chi connectivity index (χ1n) is 3.66. The van der Waals surface area contributed by atoms with Crippen LogP contribution in [0.4, 0.5) is 0 Å². The van der Waals surface area contributed by atoms with Crippen molar-refractivity contribution in [2.24, 2.45) is 0 Å². The van der Waals surface area contributed by atoms with E-state index in [0.717, 1.165) is 11.3 Å². The van der Waals surface area contributed by atoms with E-state index in [0.29, 0.717) is 5.88 Å². The van der Waals surface area contributed by atoms with Crippen LogP contribution in [0.3, 0.4) is 0 Å². The molecule has 0 radical (unpaired) electrons. The first kappa shape index (κ1) is 9.02. The molecular weight excluding hydrogens is 172 g/mol. The van der Waals surface area contributed by atoms with Crippen molar-refractivity contribution in [2.75, 3.05) is 5.88 Å². The van der Waals surface area contributed by atoms with Crippen molar-refractivity contribution in [3.8, 4) is 6.07 Å². The van der Waals surface area contributed by atoms with Gasteiger partial charge in [0.2, 0.25) is 0 Å². The van der Waals surface area contributed by atoms with Crippen molar-refractivity contribution < 1.29 is 0 Å². The second-order valence-electron chi connectivity index (χ2n) is 2.57. The minimum Gasteiger partial charge on any atom is -0.262 e. The molecule has 12 heavy (non-hydrogen) atoms. The molecule has 2 nitrogen and oxygen atoms in total. The summed E-state index contributed by atoms with van der Waals surface area (Å²) >= 11 is 5.61. The molecule has 0 saturated carbocycles. The maximum atomic E-state index is 8.72. The number of halogens is 1. The average molecular weight is 181 g/mol. The van der Waals surface area contributed by atoms with E-state index >= 15 is 0 Å². The maximum Gasteiger partial charge on any atom is 0.0849 e. The molecule has 0 bridgehead atoms. The summed E-state index contributed by atoms with van der Waals surface area (Å²) in [5, 5.41) is 8.72. The second-order valence-corrected chi connectivity index (χ2v) is 2.88. The molecule has 1 aromatic rings. The molecule has 1 rings (SSSR count). The largest absolute Gasteiger partial charge is 0.262 e. The highest BCUT2D eigenvalue weighted by atomic mass is 35.5. The van der Waals surface area contributed by atoms with E-state index in [-0.39, 0.29) is 5.92 Å². The minimum absolute atomic E-state index is 0.214. The quantitative estimate of drug-likeness (QED) is 0.655. The number of pyridine rings is 1. The molecule has 0 aliphatic rings. The Hall–Kier alpha value is -1.07. The lowest BCUT2D eigenvalue weighted by Gasteiger charge is -2.04. The highest BCUT2D eigenvalue weighted by Crippen LogP contribution is 2.15. The van der Waals surface area contributed by atoms with Gasteiger partial charge in [-0.25, -0.2) is 0 Å². The molecular formula is C9H9ClN2. The molecule has 0 aliphatic carbocycles. The maximum absolute atomic E-state index is 8.72. The van der Waals surface area contributed by atoms with Crippen LogP contribution in [0.1, 0.15) is 17.2 Å². The first-order chi connectivity index (χ1) is 5.77. The molecule has 1 atom stereocenters. The van der Waals surface area contributed by atoms with E-state index in [1.165, 1.54) is 0 Å². The Balaban J connectivity index is 2.95. The molecule has 3 heteroatoms. The third-order valence-electron chi connectivity index (χ3n) is 1.63. The van der Waals surface area contributed by atoms with Crippen molar-refractivity contribution in [2.45, 2.75) is 12.8 Å². The third kappa shape index (κ3) is 1.96. The average Bonchev–Trinajstić information content (AvgIpc) is 2.07. The van der Waals surface area contributed by atoms with Gasteiger partial charge in [0, 0.05) is 17.8 Å². The van der Waals surface area contributed by atoms with Gasteiger partial charge in [0.25, 0.3) is 0 Å². The van der Waals surface area contributed by atoms with Crippen LogP contribution in [0, 0.1) is 18.3 Å². The lowest BCUT2D eigenvalue weighted by Crippen LogP contribution is -1.97. The number of nitriles is 1. The van der Waals surface area contributed by atoms with E-state index in [1.54, 1.807) is 6.20 Å². The summed E-state index contributed by atoms with van der Waals surface area (Å²) in [5.74, 6) is 0.119. The van der Waals surface area contributed by atoms with Gasteiger partial charge in [-0.3, -0.25) is 4.98 Å². The van der Waals surface area contributed by atoms with E-state index in [1.807, 2.05) is 19.1 Å². The van der Waals surface area contributed by atoms with Gasteiger partial charge in [-0.2, -0.15) is 5.26 Å². The molecule has 0 amide bonds. The molecule has 1 aromatic heterocycles. The van der Waals surface area contributed by atoms with Gasteiger partial charge in [-0.15, -0.1) is 11.6 Å². The van der Waals surface area contributed by atoms with E-state index < -0.39 is 0 Å². The zero-order chi connectivity index (χ0) is 8.97. The number of aromatic nitrogens is 1. The fourth-order valence-electron chi connectivity index (χ4n) is 0.982. The first-order valence-corrected chi connectivity index (χ1v) is 4.19. The number of aryl methyl sites for hydroxylation is 1. The molecule has 0 N–H and O–H groups in total. The normalized spacial score (nSPS) is 12.1. The zero-order valence-corrected chi connectivity index (χ0v) is 7.54. The summed E-state index contributed by atoms with van der Waals surface area (Å²) in [5.41, 5.74) is 1.86. The Kier molecular flexibility index (Phi) is 3.07. The van der Waals surface area contributed by atoms with Crippen LogP contribution < -0.4 is 0 Å². The molecule has 1 heterocycles. The van der Waals surface area contributed by atoms with Crippen molar-refractivity contribution in [3.63, 3.8) is 0 Å². The van der Waals surface area contributed by atoms with E-state index in [2.05, 4.69) is 11.1 Å². The number of hydrogen-bond acceptors (Lipinski definition) is 2. The van der Waals surface area contributed by atoms with Crippen molar-refractivity contribution in [1.29, 1.82) is 5.26 Å².